The molecule has 1 nitrogen and oxygen atoms in total. The van der Waals surface area contributed by atoms with E-state index in [-0.39, 0.29) is 1.43 Å². The van der Waals surface area contributed by atoms with Crippen LogP contribution in [0.2, 0.25) is 0 Å². The fourth-order valence-electron chi connectivity index (χ4n) is 1.07. The average molecular weight is 195 g/mol. The molecule has 82 valence electrons. The van der Waals surface area contributed by atoms with Gasteiger partial charge in [0.05, 0.1) is 0 Å². The van der Waals surface area contributed by atoms with E-state index in [9.17, 15) is 0 Å². The molecule has 0 atom stereocenters. The molecule has 0 saturated carbocycles. The van der Waals surface area contributed by atoms with Gasteiger partial charge in [-0.25, -0.2) is 0 Å². The number of nitrogens with one attached hydrogen (secondary N) is 1. The fourth-order valence-corrected chi connectivity index (χ4v) is 1.07. The SMILES string of the molecule is CCC.Cc1cccc(NC(C)C)c1.[HH]. The van der Waals surface area contributed by atoms with Crippen LogP contribution in [0.4, 0.5) is 5.69 Å². The Morgan fingerprint density at radius 2 is 1.86 bits per heavy atom. The Kier molecular flexibility index (Phi) is 6.91. The molecule has 0 aliphatic rings. The van der Waals surface area contributed by atoms with Gasteiger partial charge in [0, 0.05) is 13.2 Å². The number of hydrogen-bond acceptors (Lipinski definition) is 1. The van der Waals surface area contributed by atoms with Gasteiger partial charge in [0.1, 0.15) is 0 Å². The Morgan fingerprint density at radius 1 is 1.29 bits per heavy atom. The van der Waals surface area contributed by atoms with Crippen molar-refractivity contribution in [3.05, 3.63) is 29.8 Å². The van der Waals surface area contributed by atoms with Crippen molar-refractivity contribution < 1.29 is 1.43 Å². The van der Waals surface area contributed by atoms with Crippen LogP contribution < -0.4 is 5.32 Å². The summed E-state index contributed by atoms with van der Waals surface area (Å²) in [6, 6.07) is 8.93. The summed E-state index contributed by atoms with van der Waals surface area (Å²) in [6.07, 6.45) is 1.25. The van der Waals surface area contributed by atoms with E-state index in [1.807, 2.05) is 0 Å². The first-order valence-corrected chi connectivity index (χ1v) is 5.43. The lowest BCUT2D eigenvalue weighted by Gasteiger charge is -2.09. The molecule has 0 aromatic heterocycles. The van der Waals surface area contributed by atoms with Crippen LogP contribution in [0, 0.1) is 6.92 Å². The van der Waals surface area contributed by atoms with Crippen molar-refractivity contribution in [3.63, 3.8) is 0 Å². The lowest BCUT2D eigenvalue weighted by molar-refractivity contribution is 0.899. The van der Waals surface area contributed by atoms with Crippen LogP contribution >= 0.6 is 0 Å². The molecule has 1 aromatic carbocycles. The molecule has 1 N–H and O–H groups in total. The monoisotopic (exact) mass is 195 g/mol. The maximum atomic E-state index is 3.35. The molecule has 0 radical (unpaired) electrons. The number of anilines is 1. The van der Waals surface area contributed by atoms with Crippen LogP contribution in [0.3, 0.4) is 0 Å². The molecule has 0 bridgehead atoms. The van der Waals surface area contributed by atoms with Gasteiger partial charge in [0.25, 0.3) is 0 Å². The highest BCUT2D eigenvalue weighted by Crippen LogP contribution is 2.10. The number of aryl methyl sites for hydroxylation is 1. The van der Waals surface area contributed by atoms with Crippen LogP contribution in [0.1, 0.15) is 41.1 Å². The molecular weight excluding hydrogens is 170 g/mol. The van der Waals surface area contributed by atoms with Crippen molar-refractivity contribution in [2.24, 2.45) is 0 Å². The largest absolute Gasteiger partial charge is 0.383 e. The van der Waals surface area contributed by atoms with E-state index in [4.69, 9.17) is 0 Å². The quantitative estimate of drug-likeness (QED) is 0.733. The van der Waals surface area contributed by atoms with Crippen molar-refractivity contribution in [2.45, 2.75) is 47.1 Å². The van der Waals surface area contributed by atoms with Gasteiger partial charge in [0.15, 0.2) is 0 Å². The third kappa shape index (κ3) is 6.53. The molecule has 1 aromatic rings. The zero-order chi connectivity index (χ0) is 11.0. The predicted molar refractivity (Wildman–Crippen MR) is 68.0 cm³/mol. The minimum atomic E-state index is 0. The zero-order valence-electron chi connectivity index (χ0n) is 10.1. The van der Waals surface area contributed by atoms with E-state index in [0.717, 1.165) is 0 Å². The summed E-state index contributed by atoms with van der Waals surface area (Å²) in [5.41, 5.74) is 2.51. The molecule has 0 fully saturated rings. The number of benzene rings is 1. The minimum absolute atomic E-state index is 0. The van der Waals surface area contributed by atoms with Crippen molar-refractivity contribution in [2.75, 3.05) is 5.32 Å². The highest BCUT2D eigenvalue weighted by atomic mass is 14.9. The van der Waals surface area contributed by atoms with Gasteiger partial charge >= 0.3 is 0 Å². The lowest BCUT2D eigenvalue weighted by Crippen LogP contribution is -2.09. The van der Waals surface area contributed by atoms with Crippen molar-refractivity contribution >= 4 is 5.69 Å². The van der Waals surface area contributed by atoms with Crippen molar-refractivity contribution in [3.8, 4) is 0 Å². The van der Waals surface area contributed by atoms with Gasteiger partial charge in [-0.1, -0.05) is 32.4 Å². The standard InChI is InChI=1S/C10H15N.C3H8.H2/c1-8(2)11-10-6-4-5-9(3)7-10;1-3-2;/h4-8,11H,1-3H3;3H2,1-2H3;1H. The van der Waals surface area contributed by atoms with E-state index >= 15 is 0 Å². The van der Waals surface area contributed by atoms with E-state index in [1.54, 1.807) is 0 Å². The molecule has 1 rings (SSSR count). The Balaban J connectivity index is 0. The van der Waals surface area contributed by atoms with Gasteiger partial charge in [-0.2, -0.15) is 0 Å². The van der Waals surface area contributed by atoms with E-state index < -0.39 is 0 Å². The molecule has 0 spiro atoms. The average Bonchev–Trinajstić information content (AvgIpc) is 2.03. The van der Waals surface area contributed by atoms with E-state index in [1.165, 1.54) is 17.7 Å². The summed E-state index contributed by atoms with van der Waals surface area (Å²) in [6.45, 7) is 10.6. The van der Waals surface area contributed by atoms with Crippen molar-refractivity contribution in [1.29, 1.82) is 0 Å². The Morgan fingerprint density at radius 3 is 2.29 bits per heavy atom. The number of rotatable bonds is 2. The van der Waals surface area contributed by atoms with Crippen LogP contribution in [0.5, 0.6) is 0 Å². The van der Waals surface area contributed by atoms with Crippen LogP contribution in [-0.4, -0.2) is 6.04 Å². The van der Waals surface area contributed by atoms with Gasteiger partial charge in [-0.05, 0) is 38.5 Å². The molecule has 0 heterocycles. The van der Waals surface area contributed by atoms with Crippen molar-refractivity contribution in [1.82, 2.24) is 0 Å². The van der Waals surface area contributed by atoms with Crippen LogP contribution in [-0.2, 0) is 0 Å². The second kappa shape index (κ2) is 7.43. The lowest BCUT2D eigenvalue weighted by atomic mass is 10.2. The second-order valence-electron chi connectivity index (χ2n) is 3.88. The molecule has 1 heteroatoms. The summed E-state index contributed by atoms with van der Waals surface area (Å²) >= 11 is 0. The highest BCUT2D eigenvalue weighted by Gasteiger charge is 1.93. The number of hydrogen-bond donors (Lipinski definition) is 1. The molecule has 0 amide bonds. The van der Waals surface area contributed by atoms with Gasteiger partial charge in [0.2, 0.25) is 0 Å². The maximum absolute atomic E-state index is 3.35. The third-order valence-electron chi connectivity index (χ3n) is 1.47. The van der Waals surface area contributed by atoms with Gasteiger partial charge in [-0.3, -0.25) is 0 Å². The molecule has 0 saturated heterocycles. The molecule has 0 unspecified atom stereocenters. The summed E-state index contributed by atoms with van der Waals surface area (Å²) < 4.78 is 0. The van der Waals surface area contributed by atoms with E-state index in [0.29, 0.717) is 6.04 Å². The predicted octanol–water partition coefficient (Wildman–Crippen LogP) is 4.48. The highest BCUT2D eigenvalue weighted by molar-refractivity contribution is 5.45. The zero-order valence-corrected chi connectivity index (χ0v) is 10.1. The topological polar surface area (TPSA) is 12.0 Å². The third-order valence-corrected chi connectivity index (χ3v) is 1.47. The Hall–Kier alpha value is -0.980. The smallest absolute Gasteiger partial charge is 0.0344 e. The Bertz CT molecular complexity index is 246. The minimum Gasteiger partial charge on any atom is -0.383 e. The fraction of sp³-hybridized carbons (Fsp3) is 0.538. The summed E-state index contributed by atoms with van der Waals surface area (Å²) in [7, 11) is 0. The molecule has 0 aliphatic carbocycles. The molecule has 0 aliphatic heterocycles. The first kappa shape index (κ1) is 13.0. The van der Waals surface area contributed by atoms with E-state index in [2.05, 4.69) is 64.2 Å². The van der Waals surface area contributed by atoms with Gasteiger partial charge < -0.3 is 5.32 Å². The first-order chi connectivity index (χ1) is 6.60. The maximum Gasteiger partial charge on any atom is 0.0344 e. The first-order valence-electron chi connectivity index (χ1n) is 5.43. The van der Waals surface area contributed by atoms with Crippen LogP contribution in [0.15, 0.2) is 24.3 Å². The summed E-state index contributed by atoms with van der Waals surface area (Å²) in [4.78, 5) is 0. The second-order valence-corrected chi connectivity index (χ2v) is 3.88. The van der Waals surface area contributed by atoms with Gasteiger partial charge in [-0.15, -0.1) is 0 Å². The van der Waals surface area contributed by atoms with Crippen LogP contribution in [0.25, 0.3) is 0 Å². The normalized spacial score (nSPS) is 9.29. The Labute approximate surface area is 90.0 Å². The summed E-state index contributed by atoms with van der Waals surface area (Å²) in [5, 5.41) is 3.35. The molecule has 14 heavy (non-hydrogen) atoms. The summed E-state index contributed by atoms with van der Waals surface area (Å²) in [5.74, 6) is 0. The molecular formula is C13H25N.